The summed E-state index contributed by atoms with van der Waals surface area (Å²) in [6.07, 6.45) is 1.34. The van der Waals surface area contributed by atoms with Crippen LogP contribution in [0, 0.1) is 0 Å². The first-order valence-corrected chi connectivity index (χ1v) is 7.21. The van der Waals surface area contributed by atoms with Crippen LogP contribution in [0.5, 0.6) is 0 Å². The summed E-state index contributed by atoms with van der Waals surface area (Å²) in [5.74, 6) is -0.195. The first kappa shape index (κ1) is 17.2. The molecule has 0 aliphatic heterocycles. The van der Waals surface area contributed by atoms with Crippen molar-refractivity contribution in [3.8, 4) is 0 Å². The second-order valence-corrected chi connectivity index (χ2v) is 5.48. The zero-order chi connectivity index (χ0) is 15.1. The van der Waals surface area contributed by atoms with Gasteiger partial charge in [-0.3, -0.25) is 4.79 Å². The van der Waals surface area contributed by atoms with Crippen LogP contribution >= 0.6 is 23.2 Å². The SMILES string of the molecule is COCCCC(N)C(=O)NC(C)c1ccc(Cl)cc1Cl. The first-order chi connectivity index (χ1) is 9.45. The maximum atomic E-state index is 12.0. The smallest absolute Gasteiger partial charge is 0.237 e. The van der Waals surface area contributed by atoms with Gasteiger partial charge in [0.1, 0.15) is 0 Å². The number of amides is 1. The highest BCUT2D eigenvalue weighted by Gasteiger charge is 2.17. The number of halogens is 2. The van der Waals surface area contributed by atoms with Crippen molar-refractivity contribution in [1.29, 1.82) is 0 Å². The quantitative estimate of drug-likeness (QED) is 0.760. The lowest BCUT2D eigenvalue weighted by atomic mass is 10.1. The van der Waals surface area contributed by atoms with E-state index in [1.54, 1.807) is 25.3 Å². The van der Waals surface area contributed by atoms with Crippen molar-refractivity contribution in [1.82, 2.24) is 5.32 Å². The van der Waals surface area contributed by atoms with E-state index in [-0.39, 0.29) is 11.9 Å². The highest BCUT2D eigenvalue weighted by atomic mass is 35.5. The largest absolute Gasteiger partial charge is 0.385 e. The van der Waals surface area contributed by atoms with E-state index < -0.39 is 6.04 Å². The van der Waals surface area contributed by atoms with Crippen molar-refractivity contribution in [2.45, 2.75) is 31.8 Å². The van der Waals surface area contributed by atoms with Crippen LogP contribution in [0.25, 0.3) is 0 Å². The Bertz CT molecular complexity index is 455. The van der Waals surface area contributed by atoms with Crippen LogP contribution in [0.1, 0.15) is 31.4 Å². The number of hydrogen-bond donors (Lipinski definition) is 2. The van der Waals surface area contributed by atoms with Crippen molar-refractivity contribution in [2.24, 2.45) is 5.73 Å². The molecule has 0 saturated carbocycles. The number of carbonyl (C=O) groups excluding carboxylic acids is 1. The monoisotopic (exact) mass is 318 g/mol. The fraction of sp³-hybridized carbons (Fsp3) is 0.500. The highest BCUT2D eigenvalue weighted by molar-refractivity contribution is 6.35. The standard InChI is InChI=1S/C14H20Cl2N2O2/c1-9(11-6-5-10(15)8-12(11)16)18-14(19)13(17)4-3-7-20-2/h5-6,8-9,13H,3-4,7,17H2,1-2H3,(H,18,19). The summed E-state index contributed by atoms with van der Waals surface area (Å²) in [6, 6.07) is 4.43. The predicted octanol–water partition coefficient (Wildman–Crippen LogP) is 2.92. The third-order valence-corrected chi connectivity index (χ3v) is 3.55. The number of nitrogens with two attached hydrogens (primary N) is 1. The van der Waals surface area contributed by atoms with Crippen molar-refractivity contribution >= 4 is 29.1 Å². The van der Waals surface area contributed by atoms with Crippen LogP contribution in [0.15, 0.2) is 18.2 Å². The average molecular weight is 319 g/mol. The van der Waals surface area contributed by atoms with E-state index in [1.165, 1.54) is 0 Å². The first-order valence-electron chi connectivity index (χ1n) is 6.45. The van der Waals surface area contributed by atoms with Gasteiger partial charge in [-0.25, -0.2) is 0 Å². The number of ether oxygens (including phenoxy) is 1. The predicted molar refractivity (Wildman–Crippen MR) is 82.1 cm³/mol. The molecular weight excluding hydrogens is 299 g/mol. The van der Waals surface area contributed by atoms with E-state index in [4.69, 9.17) is 33.7 Å². The molecule has 0 aliphatic carbocycles. The molecule has 1 rings (SSSR count). The fourth-order valence-electron chi connectivity index (χ4n) is 1.83. The van der Waals surface area contributed by atoms with Gasteiger partial charge in [0, 0.05) is 23.8 Å². The third kappa shape index (κ3) is 5.29. The minimum atomic E-state index is -0.543. The van der Waals surface area contributed by atoms with E-state index in [9.17, 15) is 4.79 Å². The van der Waals surface area contributed by atoms with Gasteiger partial charge in [0.05, 0.1) is 12.1 Å². The van der Waals surface area contributed by atoms with Gasteiger partial charge >= 0.3 is 0 Å². The van der Waals surface area contributed by atoms with E-state index in [0.29, 0.717) is 23.1 Å². The number of carbonyl (C=O) groups is 1. The number of hydrogen-bond acceptors (Lipinski definition) is 3. The molecule has 0 aromatic heterocycles. The Morgan fingerprint density at radius 2 is 2.15 bits per heavy atom. The average Bonchev–Trinajstić information content (AvgIpc) is 2.38. The lowest BCUT2D eigenvalue weighted by Crippen LogP contribution is -2.41. The van der Waals surface area contributed by atoms with Gasteiger partial charge in [-0.15, -0.1) is 0 Å². The molecule has 2 unspecified atom stereocenters. The zero-order valence-electron chi connectivity index (χ0n) is 11.7. The number of methoxy groups -OCH3 is 1. The van der Waals surface area contributed by atoms with Gasteiger partial charge in [-0.1, -0.05) is 29.3 Å². The van der Waals surface area contributed by atoms with Crippen molar-refractivity contribution in [3.63, 3.8) is 0 Å². The minimum Gasteiger partial charge on any atom is -0.385 e. The van der Waals surface area contributed by atoms with Crippen LogP contribution in [0.2, 0.25) is 10.0 Å². The Labute approximate surface area is 129 Å². The van der Waals surface area contributed by atoms with Crippen LogP contribution in [0.3, 0.4) is 0 Å². The lowest BCUT2D eigenvalue weighted by Gasteiger charge is -2.19. The molecule has 0 spiro atoms. The summed E-state index contributed by atoms with van der Waals surface area (Å²) in [6.45, 7) is 2.45. The molecule has 112 valence electrons. The summed E-state index contributed by atoms with van der Waals surface area (Å²) < 4.78 is 4.93. The Morgan fingerprint density at radius 3 is 2.75 bits per heavy atom. The zero-order valence-corrected chi connectivity index (χ0v) is 13.2. The molecule has 4 nitrogen and oxygen atoms in total. The van der Waals surface area contributed by atoms with Gasteiger partial charge in [0.25, 0.3) is 0 Å². The van der Waals surface area contributed by atoms with E-state index in [1.807, 2.05) is 6.92 Å². The van der Waals surface area contributed by atoms with E-state index >= 15 is 0 Å². The molecule has 0 fully saturated rings. The van der Waals surface area contributed by atoms with Crippen molar-refractivity contribution in [2.75, 3.05) is 13.7 Å². The second-order valence-electron chi connectivity index (χ2n) is 4.64. The van der Waals surface area contributed by atoms with Crippen LogP contribution in [0.4, 0.5) is 0 Å². The Kier molecular flexibility index (Phi) is 7.30. The number of benzene rings is 1. The molecule has 20 heavy (non-hydrogen) atoms. The third-order valence-electron chi connectivity index (χ3n) is 2.99. The maximum Gasteiger partial charge on any atom is 0.237 e. The van der Waals surface area contributed by atoms with Crippen LogP contribution in [-0.4, -0.2) is 25.7 Å². The normalized spacial score (nSPS) is 13.8. The van der Waals surface area contributed by atoms with Crippen LogP contribution in [-0.2, 0) is 9.53 Å². The number of nitrogens with one attached hydrogen (secondary N) is 1. The lowest BCUT2D eigenvalue weighted by molar-refractivity contribution is -0.123. The molecule has 6 heteroatoms. The van der Waals surface area contributed by atoms with Gasteiger partial charge in [0.2, 0.25) is 5.91 Å². The molecule has 0 heterocycles. The Morgan fingerprint density at radius 1 is 1.45 bits per heavy atom. The van der Waals surface area contributed by atoms with E-state index in [2.05, 4.69) is 5.32 Å². The molecule has 0 radical (unpaired) electrons. The minimum absolute atomic E-state index is 0.195. The molecule has 1 aromatic carbocycles. The molecule has 2 atom stereocenters. The molecular formula is C14H20Cl2N2O2. The Balaban J connectivity index is 2.56. The van der Waals surface area contributed by atoms with Crippen LogP contribution < -0.4 is 11.1 Å². The number of rotatable bonds is 7. The highest BCUT2D eigenvalue weighted by Crippen LogP contribution is 2.26. The maximum absolute atomic E-state index is 12.0. The molecule has 0 aliphatic rings. The van der Waals surface area contributed by atoms with Gasteiger partial charge in [-0.2, -0.15) is 0 Å². The molecule has 0 saturated heterocycles. The topological polar surface area (TPSA) is 64.3 Å². The summed E-state index contributed by atoms with van der Waals surface area (Å²) in [5, 5.41) is 3.94. The van der Waals surface area contributed by atoms with Gasteiger partial charge < -0.3 is 15.8 Å². The van der Waals surface area contributed by atoms with Crippen molar-refractivity contribution in [3.05, 3.63) is 33.8 Å². The van der Waals surface area contributed by atoms with Gasteiger partial charge in [0.15, 0.2) is 0 Å². The second kappa shape index (κ2) is 8.47. The fourth-order valence-corrected chi connectivity index (χ4v) is 2.40. The molecule has 1 aromatic rings. The van der Waals surface area contributed by atoms with Gasteiger partial charge in [-0.05, 0) is 37.5 Å². The van der Waals surface area contributed by atoms with E-state index in [0.717, 1.165) is 12.0 Å². The summed E-state index contributed by atoms with van der Waals surface area (Å²) in [7, 11) is 1.62. The molecule has 1 amide bonds. The molecule has 3 N–H and O–H groups in total. The summed E-state index contributed by atoms with van der Waals surface area (Å²) >= 11 is 12.0. The van der Waals surface area contributed by atoms with Crippen molar-refractivity contribution < 1.29 is 9.53 Å². The molecule has 0 bridgehead atoms. The Hall–Kier alpha value is -0.810. The summed E-state index contributed by atoms with van der Waals surface area (Å²) in [5.41, 5.74) is 6.64. The summed E-state index contributed by atoms with van der Waals surface area (Å²) in [4.78, 5) is 12.0.